The molecule has 15 heavy (non-hydrogen) atoms. The van der Waals surface area contributed by atoms with Gasteiger partial charge in [0.15, 0.2) is 0 Å². The minimum Gasteiger partial charge on any atom is -0.388 e. The first kappa shape index (κ1) is 12.0. The lowest BCUT2D eigenvalue weighted by atomic mass is 10.1. The first-order chi connectivity index (χ1) is 7.13. The summed E-state index contributed by atoms with van der Waals surface area (Å²) in [5, 5.41) is 0. The molecule has 0 spiro atoms. The lowest BCUT2D eigenvalue weighted by Gasteiger charge is -2.30. The highest BCUT2D eigenvalue weighted by Crippen LogP contribution is 2.14. The van der Waals surface area contributed by atoms with E-state index in [4.69, 9.17) is 5.73 Å². The molecule has 0 aromatic carbocycles. The molecule has 1 fully saturated rings. The van der Waals surface area contributed by atoms with Crippen LogP contribution in [-0.2, 0) is 4.79 Å². The second-order valence-electron chi connectivity index (χ2n) is 4.13. The summed E-state index contributed by atoms with van der Waals surface area (Å²) in [5.41, 5.74) is 5.53. The summed E-state index contributed by atoms with van der Waals surface area (Å²) in [7, 11) is 0. The predicted molar refractivity (Wildman–Crippen MR) is 61.8 cm³/mol. The van der Waals surface area contributed by atoms with E-state index in [1.165, 1.54) is 0 Å². The molecule has 86 valence electrons. The third-order valence-electron chi connectivity index (χ3n) is 2.67. The van der Waals surface area contributed by atoms with Gasteiger partial charge in [-0.1, -0.05) is 6.92 Å². The smallest absolute Gasteiger partial charge is 0.222 e. The third-order valence-corrected chi connectivity index (χ3v) is 2.67. The Labute approximate surface area is 91.5 Å². The molecule has 1 saturated heterocycles. The summed E-state index contributed by atoms with van der Waals surface area (Å²) in [4.78, 5) is 17.9. The van der Waals surface area contributed by atoms with Crippen LogP contribution in [0.25, 0.3) is 0 Å². The van der Waals surface area contributed by atoms with Crippen LogP contribution < -0.4 is 5.73 Å². The van der Waals surface area contributed by atoms with Gasteiger partial charge >= 0.3 is 0 Å². The Kier molecular flexibility index (Phi) is 4.59. The Morgan fingerprint density at radius 3 is 2.53 bits per heavy atom. The molecular formula is C11H21N3O. The molecule has 1 amide bonds. The number of hydrogen-bond donors (Lipinski definition) is 1. The van der Waals surface area contributed by atoms with Crippen molar-refractivity contribution >= 4 is 11.7 Å². The Bertz CT molecular complexity index is 238. The Hall–Kier alpha value is -1.06. The maximum atomic E-state index is 11.6. The molecule has 1 aliphatic heterocycles. The summed E-state index contributed by atoms with van der Waals surface area (Å²) in [6.07, 6.45) is 3.50. The van der Waals surface area contributed by atoms with Gasteiger partial charge in [0.1, 0.15) is 0 Å². The standard InChI is InChI=1S/C11H21N3O/c1-3-4-11(15)14-7-5-10(6-8-14)13-9(2)12/h10H,3-8H2,1-2H3,(H2,12,13). The number of carbonyl (C=O) groups is 1. The molecule has 1 rings (SSSR count). The molecule has 0 radical (unpaired) electrons. The molecular weight excluding hydrogens is 190 g/mol. The molecule has 0 aliphatic carbocycles. The van der Waals surface area contributed by atoms with Crippen LogP contribution in [0.1, 0.15) is 39.5 Å². The second kappa shape index (κ2) is 5.73. The number of rotatable bonds is 3. The largest absolute Gasteiger partial charge is 0.388 e. The molecule has 4 nitrogen and oxygen atoms in total. The molecule has 0 aromatic heterocycles. The molecule has 0 unspecified atom stereocenters. The number of piperidine rings is 1. The average Bonchev–Trinajstić information content (AvgIpc) is 2.18. The zero-order valence-electron chi connectivity index (χ0n) is 9.70. The monoisotopic (exact) mass is 211 g/mol. The van der Waals surface area contributed by atoms with E-state index in [0.29, 0.717) is 18.3 Å². The van der Waals surface area contributed by atoms with E-state index in [0.717, 1.165) is 32.4 Å². The first-order valence-corrected chi connectivity index (χ1v) is 5.71. The number of amidine groups is 1. The lowest BCUT2D eigenvalue weighted by molar-refractivity contribution is -0.132. The fourth-order valence-corrected chi connectivity index (χ4v) is 1.90. The minimum absolute atomic E-state index is 0.282. The van der Waals surface area contributed by atoms with Gasteiger partial charge in [0, 0.05) is 19.5 Å². The van der Waals surface area contributed by atoms with Crippen LogP contribution in [0.15, 0.2) is 4.99 Å². The van der Waals surface area contributed by atoms with Gasteiger partial charge in [-0.3, -0.25) is 9.79 Å². The molecule has 4 heteroatoms. The zero-order valence-corrected chi connectivity index (χ0v) is 9.70. The SMILES string of the molecule is CCCC(=O)N1CCC(N=C(C)N)CC1. The highest BCUT2D eigenvalue weighted by atomic mass is 16.2. The highest BCUT2D eigenvalue weighted by molar-refractivity contribution is 5.78. The van der Waals surface area contributed by atoms with E-state index in [1.54, 1.807) is 0 Å². The van der Waals surface area contributed by atoms with Crippen LogP contribution in [0.5, 0.6) is 0 Å². The second-order valence-corrected chi connectivity index (χ2v) is 4.13. The van der Waals surface area contributed by atoms with Gasteiger partial charge in [-0.25, -0.2) is 0 Å². The Morgan fingerprint density at radius 1 is 1.47 bits per heavy atom. The van der Waals surface area contributed by atoms with E-state index in [2.05, 4.69) is 4.99 Å². The van der Waals surface area contributed by atoms with Crippen molar-refractivity contribution in [2.75, 3.05) is 13.1 Å². The minimum atomic E-state index is 0.282. The van der Waals surface area contributed by atoms with E-state index >= 15 is 0 Å². The van der Waals surface area contributed by atoms with Gasteiger partial charge in [-0.2, -0.15) is 0 Å². The van der Waals surface area contributed by atoms with Gasteiger partial charge in [0.2, 0.25) is 5.91 Å². The van der Waals surface area contributed by atoms with Crippen molar-refractivity contribution in [1.29, 1.82) is 0 Å². The summed E-state index contributed by atoms with van der Waals surface area (Å²) < 4.78 is 0. The lowest BCUT2D eigenvalue weighted by Crippen LogP contribution is -2.39. The van der Waals surface area contributed by atoms with Crippen molar-refractivity contribution in [3.05, 3.63) is 0 Å². The van der Waals surface area contributed by atoms with Gasteiger partial charge in [0.25, 0.3) is 0 Å². The van der Waals surface area contributed by atoms with Gasteiger partial charge in [-0.05, 0) is 26.2 Å². The molecule has 0 bridgehead atoms. The molecule has 0 atom stereocenters. The fourth-order valence-electron chi connectivity index (χ4n) is 1.90. The van der Waals surface area contributed by atoms with Crippen molar-refractivity contribution in [2.24, 2.45) is 10.7 Å². The van der Waals surface area contributed by atoms with Crippen LogP contribution in [0.2, 0.25) is 0 Å². The van der Waals surface area contributed by atoms with Crippen molar-refractivity contribution < 1.29 is 4.79 Å². The van der Waals surface area contributed by atoms with Crippen molar-refractivity contribution in [1.82, 2.24) is 4.90 Å². The number of carbonyl (C=O) groups excluding carboxylic acids is 1. The van der Waals surface area contributed by atoms with Crippen LogP contribution in [0, 0.1) is 0 Å². The third kappa shape index (κ3) is 3.90. The Balaban J connectivity index is 2.35. The highest BCUT2D eigenvalue weighted by Gasteiger charge is 2.21. The van der Waals surface area contributed by atoms with Crippen molar-refractivity contribution in [2.45, 2.75) is 45.6 Å². The van der Waals surface area contributed by atoms with Gasteiger partial charge in [-0.15, -0.1) is 0 Å². The summed E-state index contributed by atoms with van der Waals surface area (Å²) in [5.74, 6) is 0.928. The van der Waals surface area contributed by atoms with Crippen LogP contribution in [0.4, 0.5) is 0 Å². The number of hydrogen-bond acceptors (Lipinski definition) is 2. The molecule has 1 aliphatic rings. The maximum Gasteiger partial charge on any atom is 0.222 e. The average molecular weight is 211 g/mol. The molecule has 0 aromatic rings. The number of amides is 1. The summed E-state index contributed by atoms with van der Waals surface area (Å²) >= 11 is 0. The predicted octanol–water partition coefficient (Wildman–Crippen LogP) is 1.15. The number of nitrogens with two attached hydrogens (primary N) is 1. The van der Waals surface area contributed by atoms with Crippen LogP contribution in [0.3, 0.4) is 0 Å². The van der Waals surface area contributed by atoms with Crippen LogP contribution >= 0.6 is 0 Å². The number of nitrogens with zero attached hydrogens (tertiary/aromatic N) is 2. The van der Waals surface area contributed by atoms with Gasteiger partial charge in [0.05, 0.1) is 11.9 Å². The van der Waals surface area contributed by atoms with Crippen molar-refractivity contribution in [3.63, 3.8) is 0 Å². The quantitative estimate of drug-likeness (QED) is 0.562. The van der Waals surface area contributed by atoms with E-state index < -0.39 is 0 Å². The topological polar surface area (TPSA) is 58.7 Å². The Morgan fingerprint density at radius 2 is 2.07 bits per heavy atom. The normalized spacial score (nSPS) is 19.3. The molecule has 1 heterocycles. The number of likely N-dealkylation sites (tertiary alicyclic amines) is 1. The van der Waals surface area contributed by atoms with E-state index in [1.807, 2.05) is 18.7 Å². The molecule has 2 N–H and O–H groups in total. The zero-order chi connectivity index (χ0) is 11.3. The number of aliphatic imine (C=N–C) groups is 1. The van der Waals surface area contributed by atoms with Crippen molar-refractivity contribution in [3.8, 4) is 0 Å². The van der Waals surface area contributed by atoms with E-state index in [-0.39, 0.29) is 5.91 Å². The first-order valence-electron chi connectivity index (χ1n) is 5.71. The fraction of sp³-hybridized carbons (Fsp3) is 0.818. The van der Waals surface area contributed by atoms with Gasteiger partial charge < -0.3 is 10.6 Å². The van der Waals surface area contributed by atoms with E-state index in [9.17, 15) is 4.79 Å². The molecule has 0 saturated carbocycles. The summed E-state index contributed by atoms with van der Waals surface area (Å²) in [6.45, 7) is 5.52. The summed E-state index contributed by atoms with van der Waals surface area (Å²) in [6, 6.07) is 0.320. The van der Waals surface area contributed by atoms with Crippen LogP contribution in [-0.4, -0.2) is 35.8 Å². The maximum absolute atomic E-state index is 11.6.